The average Bonchev–Trinajstić information content (AvgIpc) is 3.12. The molecule has 1 atom stereocenters. The Bertz CT molecular complexity index is 863. The van der Waals surface area contributed by atoms with Crippen molar-refractivity contribution in [1.82, 2.24) is 20.0 Å². The number of pyridine rings is 1. The van der Waals surface area contributed by atoms with E-state index in [0.717, 1.165) is 11.1 Å². The first kappa shape index (κ1) is 16.8. The minimum absolute atomic E-state index is 0.0878. The number of hydrogen-bond donors (Lipinski definition) is 1. The summed E-state index contributed by atoms with van der Waals surface area (Å²) in [6.07, 6.45) is 3.39. The van der Waals surface area contributed by atoms with E-state index < -0.39 is 5.91 Å². The molecule has 2 N–H and O–H groups in total. The quantitative estimate of drug-likeness (QED) is 0.742. The van der Waals surface area contributed by atoms with E-state index in [-0.39, 0.29) is 6.04 Å². The lowest BCUT2D eigenvalue weighted by molar-refractivity contribution is 0.1000. The van der Waals surface area contributed by atoms with Crippen LogP contribution in [0.2, 0.25) is 0 Å². The number of benzene rings is 1. The van der Waals surface area contributed by atoms with Crippen molar-refractivity contribution in [3.63, 3.8) is 0 Å². The number of hydrogen-bond acceptors (Lipinski definition) is 6. The van der Waals surface area contributed by atoms with Gasteiger partial charge < -0.3 is 10.3 Å². The van der Waals surface area contributed by atoms with Crippen molar-refractivity contribution in [3.05, 3.63) is 65.8 Å². The Morgan fingerprint density at radius 2 is 2.16 bits per heavy atom. The van der Waals surface area contributed by atoms with Gasteiger partial charge in [-0.15, -0.1) is 0 Å². The Balaban J connectivity index is 1.72. The average molecular weight is 337 g/mol. The molecular formula is C18H19N5O2. The molecule has 3 aromatic rings. The molecule has 0 aliphatic carbocycles. The molecule has 25 heavy (non-hydrogen) atoms. The highest BCUT2D eigenvalue weighted by atomic mass is 16.5. The fraction of sp³-hybridized carbons (Fsp3) is 0.222. The lowest BCUT2D eigenvalue weighted by Gasteiger charge is -2.21. The SMILES string of the molecule is CC(c1nc(-c2cccnc2)no1)N(C)Cc1cccc(C(N)=O)c1. The minimum atomic E-state index is -0.435. The molecule has 0 saturated carbocycles. The molecule has 1 unspecified atom stereocenters. The number of carbonyl (C=O) groups excluding carboxylic acids is 1. The van der Waals surface area contributed by atoms with Crippen LogP contribution in [0.3, 0.4) is 0 Å². The summed E-state index contributed by atoms with van der Waals surface area (Å²) in [7, 11) is 1.95. The van der Waals surface area contributed by atoms with Crippen LogP contribution < -0.4 is 5.73 Å². The fourth-order valence-corrected chi connectivity index (χ4v) is 2.45. The molecule has 128 valence electrons. The predicted molar refractivity (Wildman–Crippen MR) is 92.4 cm³/mol. The predicted octanol–water partition coefficient (Wildman–Crippen LogP) is 2.42. The van der Waals surface area contributed by atoms with Crippen LogP contribution in [-0.2, 0) is 6.54 Å². The second kappa shape index (κ2) is 7.23. The first-order valence-corrected chi connectivity index (χ1v) is 7.87. The molecule has 2 aromatic heterocycles. The van der Waals surface area contributed by atoms with Gasteiger partial charge in [0.05, 0.1) is 6.04 Å². The molecule has 0 aliphatic rings. The molecule has 7 heteroatoms. The number of rotatable bonds is 6. The Hall–Kier alpha value is -3.06. The molecule has 0 bridgehead atoms. The molecule has 0 radical (unpaired) electrons. The van der Waals surface area contributed by atoms with Crippen molar-refractivity contribution >= 4 is 5.91 Å². The molecular weight excluding hydrogens is 318 g/mol. The van der Waals surface area contributed by atoms with Gasteiger partial charge in [-0.2, -0.15) is 4.98 Å². The third-order valence-electron chi connectivity index (χ3n) is 4.02. The second-order valence-electron chi connectivity index (χ2n) is 5.85. The molecule has 1 amide bonds. The van der Waals surface area contributed by atoms with Gasteiger partial charge in [-0.25, -0.2) is 0 Å². The Labute approximate surface area is 145 Å². The summed E-state index contributed by atoms with van der Waals surface area (Å²) in [5.74, 6) is 0.599. The summed E-state index contributed by atoms with van der Waals surface area (Å²) in [4.78, 5) is 21.9. The first-order chi connectivity index (χ1) is 12.0. The van der Waals surface area contributed by atoms with Crippen molar-refractivity contribution in [2.24, 2.45) is 5.73 Å². The number of nitrogens with zero attached hydrogens (tertiary/aromatic N) is 4. The maximum absolute atomic E-state index is 11.3. The zero-order chi connectivity index (χ0) is 17.8. The molecule has 0 fully saturated rings. The van der Waals surface area contributed by atoms with E-state index in [4.69, 9.17) is 10.3 Å². The summed E-state index contributed by atoms with van der Waals surface area (Å²) < 4.78 is 5.40. The lowest BCUT2D eigenvalue weighted by Crippen LogP contribution is -2.22. The highest BCUT2D eigenvalue weighted by molar-refractivity contribution is 5.92. The Morgan fingerprint density at radius 3 is 2.88 bits per heavy atom. The standard InChI is InChI=1S/C18H19N5O2/c1-12(18-21-17(22-25-18)15-7-4-8-20-10-15)23(2)11-13-5-3-6-14(9-13)16(19)24/h3-10,12H,11H2,1-2H3,(H2,19,24). The smallest absolute Gasteiger partial charge is 0.248 e. The zero-order valence-electron chi connectivity index (χ0n) is 14.1. The van der Waals surface area contributed by atoms with E-state index in [1.165, 1.54) is 0 Å². The molecule has 3 rings (SSSR count). The van der Waals surface area contributed by atoms with Gasteiger partial charge in [-0.1, -0.05) is 17.3 Å². The van der Waals surface area contributed by atoms with Gasteiger partial charge >= 0.3 is 0 Å². The number of amides is 1. The van der Waals surface area contributed by atoms with Crippen LogP contribution in [0.25, 0.3) is 11.4 Å². The van der Waals surface area contributed by atoms with Crippen LogP contribution in [0, 0.1) is 0 Å². The van der Waals surface area contributed by atoms with Crippen molar-refractivity contribution in [2.75, 3.05) is 7.05 Å². The first-order valence-electron chi connectivity index (χ1n) is 7.87. The summed E-state index contributed by atoms with van der Waals surface area (Å²) in [5.41, 5.74) is 7.62. The Kier molecular flexibility index (Phi) is 4.85. The lowest BCUT2D eigenvalue weighted by atomic mass is 10.1. The largest absolute Gasteiger partial charge is 0.366 e. The monoisotopic (exact) mass is 337 g/mol. The van der Waals surface area contributed by atoms with E-state index in [2.05, 4.69) is 20.0 Å². The van der Waals surface area contributed by atoms with Crippen LogP contribution in [0.5, 0.6) is 0 Å². The van der Waals surface area contributed by atoms with E-state index in [1.54, 1.807) is 24.5 Å². The van der Waals surface area contributed by atoms with E-state index >= 15 is 0 Å². The third-order valence-corrected chi connectivity index (χ3v) is 4.02. The van der Waals surface area contributed by atoms with Gasteiger partial charge in [0, 0.05) is 30.1 Å². The van der Waals surface area contributed by atoms with Gasteiger partial charge in [0.25, 0.3) is 0 Å². The van der Waals surface area contributed by atoms with E-state index in [1.807, 2.05) is 38.2 Å². The minimum Gasteiger partial charge on any atom is -0.366 e. The third kappa shape index (κ3) is 3.89. The molecule has 0 saturated heterocycles. The summed E-state index contributed by atoms with van der Waals surface area (Å²) in [5, 5.41) is 4.02. The van der Waals surface area contributed by atoms with Crippen molar-refractivity contribution in [2.45, 2.75) is 19.5 Å². The van der Waals surface area contributed by atoms with Gasteiger partial charge in [-0.3, -0.25) is 14.7 Å². The molecule has 2 heterocycles. The molecule has 0 spiro atoms. The number of aromatic nitrogens is 3. The maximum atomic E-state index is 11.3. The van der Waals surface area contributed by atoms with Crippen LogP contribution in [0.1, 0.15) is 34.8 Å². The summed E-state index contributed by atoms with van der Waals surface area (Å²) in [6.45, 7) is 2.60. The van der Waals surface area contributed by atoms with Gasteiger partial charge in [-0.05, 0) is 43.8 Å². The van der Waals surface area contributed by atoms with Crippen LogP contribution in [-0.4, -0.2) is 33.0 Å². The Morgan fingerprint density at radius 1 is 1.32 bits per heavy atom. The number of primary amides is 1. The summed E-state index contributed by atoms with van der Waals surface area (Å²) >= 11 is 0. The van der Waals surface area contributed by atoms with E-state index in [0.29, 0.717) is 23.8 Å². The van der Waals surface area contributed by atoms with Gasteiger partial charge in [0.15, 0.2) is 0 Å². The van der Waals surface area contributed by atoms with Crippen LogP contribution in [0.4, 0.5) is 0 Å². The number of nitrogens with two attached hydrogens (primary N) is 1. The van der Waals surface area contributed by atoms with Crippen LogP contribution in [0.15, 0.2) is 53.3 Å². The van der Waals surface area contributed by atoms with Crippen LogP contribution >= 0.6 is 0 Å². The summed E-state index contributed by atoms with van der Waals surface area (Å²) in [6, 6.07) is 10.9. The van der Waals surface area contributed by atoms with Crippen molar-refractivity contribution in [3.8, 4) is 11.4 Å². The highest BCUT2D eigenvalue weighted by Crippen LogP contribution is 2.22. The van der Waals surface area contributed by atoms with Crippen molar-refractivity contribution in [1.29, 1.82) is 0 Å². The molecule has 1 aromatic carbocycles. The van der Waals surface area contributed by atoms with Gasteiger partial charge in [0.2, 0.25) is 17.6 Å². The number of carbonyl (C=O) groups is 1. The molecule has 7 nitrogen and oxygen atoms in total. The zero-order valence-corrected chi connectivity index (χ0v) is 14.1. The van der Waals surface area contributed by atoms with Gasteiger partial charge in [0.1, 0.15) is 0 Å². The maximum Gasteiger partial charge on any atom is 0.248 e. The van der Waals surface area contributed by atoms with Crippen molar-refractivity contribution < 1.29 is 9.32 Å². The topological polar surface area (TPSA) is 98.1 Å². The van der Waals surface area contributed by atoms with E-state index in [9.17, 15) is 4.79 Å². The highest BCUT2D eigenvalue weighted by Gasteiger charge is 2.19. The normalized spacial score (nSPS) is 12.3. The molecule has 0 aliphatic heterocycles. The second-order valence-corrected chi connectivity index (χ2v) is 5.85. The fourth-order valence-electron chi connectivity index (χ4n) is 2.45.